The van der Waals surface area contributed by atoms with Crippen molar-refractivity contribution < 1.29 is 13.9 Å². The highest BCUT2D eigenvalue weighted by molar-refractivity contribution is 5.99. The Kier molecular flexibility index (Phi) is 4.57. The number of fused-ring (bicyclic) bond motifs is 1. The van der Waals surface area contributed by atoms with E-state index in [2.05, 4.69) is 10.2 Å². The van der Waals surface area contributed by atoms with Gasteiger partial charge >= 0.3 is 0 Å². The number of likely N-dealkylation sites (tertiary alicyclic amines) is 1. The highest BCUT2D eigenvalue weighted by Crippen LogP contribution is 2.27. The number of amides is 1. The third-order valence-electron chi connectivity index (χ3n) is 4.83. The minimum atomic E-state index is -0.0785. The average Bonchev–Trinajstić information content (AvgIpc) is 3.36. The number of nitrogens with one attached hydrogen (secondary N) is 1. The van der Waals surface area contributed by atoms with Crippen LogP contribution in [-0.2, 0) is 4.79 Å². The van der Waals surface area contributed by atoms with E-state index in [1.54, 1.807) is 6.26 Å². The number of nitrogens with zero attached hydrogens (tertiary/aromatic N) is 1. The maximum absolute atomic E-state index is 12.6. The van der Waals surface area contributed by atoms with Gasteiger partial charge in [-0.2, -0.15) is 0 Å². The molecule has 0 saturated carbocycles. The molecule has 0 bridgehead atoms. The van der Waals surface area contributed by atoms with E-state index in [9.17, 15) is 4.79 Å². The Bertz CT molecular complexity index is 761. The number of hydrogen-bond donors (Lipinski definition) is 1. The van der Waals surface area contributed by atoms with Gasteiger partial charge in [-0.3, -0.25) is 9.69 Å². The number of ether oxygens (including phenoxy) is 1. The minimum absolute atomic E-state index is 0.0785. The predicted octanol–water partition coefficient (Wildman–Crippen LogP) is 3.01. The molecular weight excluding hydrogens is 316 g/mol. The molecule has 2 aliphatic rings. The van der Waals surface area contributed by atoms with Gasteiger partial charge in [0.25, 0.3) is 5.91 Å². The molecule has 25 heavy (non-hydrogen) atoms. The summed E-state index contributed by atoms with van der Waals surface area (Å²) >= 11 is 0. The number of furan rings is 1. The largest absolute Gasteiger partial charge is 0.488 e. The lowest BCUT2D eigenvalue weighted by molar-refractivity contribution is -0.118. The van der Waals surface area contributed by atoms with E-state index in [1.165, 1.54) is 12.8 Å². The third-order valence-corrected chi connectivity index (χ3v) is 4.83. The molecule has 1 aromatic heterocycles. The van der Waals surface area contributed by atoms with Crippen LogP contribution in [0.25, 0.3) is 6.08 Å². The van der Waals surface area contributed by atoms with Crippen molar-refractivity contribution in [1.82, 2.24) is 10.2 Å². The molecule has 5 nitrogen and oxygen atoms in total. The van der Waals surface area contributed by atoms with Crippen LogP contribution in [0, 0.1) is 0 Å². The van der Waals surface area contributed by atoms with Crippen LogP contribution in [-0.4, -0.2) is 37.0 Å². The van der Waals surface area contributed by atoms with Gasteiger partial charge in [-0.25, -0.2) is 0 Å². The Balaban J connectivity index is 1.44. The summed E-state index contributed by atoms with van der Waals surface area (Å²) in [7, 11) is 0. The van der Waals surface area contributed by atoms with Gasteiger partial charge in [0.05, 0.1) is 17.9 Å². The summed E-state index contributed by atoms with van der Waals surface area (Å²) in [6.07, 6.45) is 5.99. The molecule has 130 valence electrons. The van der Waals surface area contributed by atoms with Gasteiger partial charge in [0.15, 0.2) is 0 Å². The number of rotatable bonds is 5. The molecule has 0 radical (unpaired) electrons. The van der Waals surface area contributed by atoms with Crippen LogP contribution >= 0.6 is 0 Å². The lowest BCUT2D eigenvalue weighted by Crippen LogP contribution is -2.38. The van der Waals surface area contributed by atoms with E-state index >= 15 is 0 Å². The molecule has 1 amide bonds. The first kappa shape index (κ1) is 16.0. The van der Waals surface area contributed by atoms with Crippen LogP contribution in [0.4, 0.5) is 0 Å². The second kappa shape index (κ2) is 7.15. The molecule has 1 aromatic carbocycles. The van der Waals surface area contributed by atoms with Gasteiger partial charge in [0.2, 0.25) is 0 Å². The van der Waals surface area contributed by atoms with Crippen molar-refractivity contribution in [1.29, 1.82) is 0 Å². The number of para-hydroxylation sites is 1. The highest BCUT2D eigenvalue weighted by atomic mass is 16.5. The van der Waals surface area contributed by atoms with Gasteiger partial charge in [-0.15, -0.1) is 0 Å². The zero-order valence-electron chi connectivity index (χ0n) is 14.1. The lowest BCUT2D eigenvalue weighted by atomic mass is 10.1. The molecule has 1 saturated heterocycles. The van der Waals surface area contributed by atoms with Crippen LogP contribution in [0.15, 0.2) is 52.7 Å². The van der Waals surface area contributed by atoms with E-state index in [-0.39, 0.29) is 11.9 Å². The zero-order valence-corrected chi connectivity index (χ0v) is 14.1. The van der Waals surface area contributed by atoms with Gasteiger partial charge in [0, 0.05) is 12.1 Å². The van der Waals surface area contributed by atoms with Crippen molar-refractivity contribution in [2.75, 3.05) is 26.2 Å². The fourth-order valence-electron chi connectivity index (χ4n) is 3.49. The summed E-state index contributed by atoms with van der Waals surface area (Å²) in [5, 5.41) is 3.06. The molecule has 0 spiro atoms. The quantitative estimate of drug-likeness (QED) is 0.910. The molecule has 0 unspecified atom stereocenters. The monoisotopic (exact) mass is 338 g/mol. The Morgan fingerprint density at radius 3 is 2.80 bits per heavy atom. The Morgan fingerprint density at radius 2 is 2.00 bits per heavy atom. The van der Waals surface area contributed by atoms with Crippen LogP contribution in [0.5, 0.6) is 5.75 Å². The molecule has 2 aromatic rings. The first-order valence-electron chi connectivity index (χ1n) is 8.79. The Morgan fingerprint density at radius 1 is 1.16 bits per heavy atom. The van der Waals surface area contributed by atoms with Crippen LogP contribution < -0.4 is 10.1 Å². The van der Waals surface area contributed by atoms with Crippen molar-refractivity contribution in [3.63, 3.8) is 0 Å². The molecule has 5 heteroatoms. The number of hydrogen-bond acceptors (Lipinski definition) is 4. The van der Waals surface area contributed by atoms with Crippen molar-refractivity contribution >= 4 is 12.0 Å². The standard InChI is InChI=1S/C20H22N2O3/c23-20(16-12-15-6-1-2-7-18(15)25-14-16)21-13-17(19-8-5-11-24-19)22-9-3-4-10-22/h1-2,5-8,11-12,17H,3-4,9-10,13-14H2,(H,21,23)/t17-/m1/s1. The maximum atomic E-state index is 12.6. The van der Waals surface area contributed by atoms with E-state index < -0.39 is 0 Å². The maximum Gasteiger partial charge on any atom is 0.250 e. The number of benzene rings is 1. The fourth-order valence-corrected chi connectivity index (χ4v) is 3.49. The second-order valence-electron chi connectivity index (χ2n) is 6.48. The second-order valence-corrected chi connectivity index (χ2v) is 6.48. The molecule has 1 N–H and O–H groups in total. The van der Waals surface area contributed by atoms with Gasteiger partial charge in [-0.05, 0) is 50.2 Å². The first-order valence-corrected chi connectivity index (χ1v) is 8.79. The van der Waals surface area contributed by atoms with Crippen molar-refractivity contribution in [3.8, 4) is 5.75 Å². The van der Waals surface area contributed by atoms with Gasteiger partial charge in [0.1, 0.15) is 18.1 Å². The van der Waals surface area contributed by atoms with Crippen molar-refractivity contribution in [3.05, 3.63) is 59.6 Å². The topological polar surface area (TPSA) is 54.7 Å². The summed E-state index contributed by atoms with van der Waals surface area (Å²) in [4.78, 5) is 15.0. The number of carbonyl (C=O) groups is 1. The summed E-state index contributed by atoms with van der Waals surface area (Å²) in [5.74, 6) is 1.65. The van der Waals surface area contributed by atoms with E-state index in [1.807, 2.05) is 42.5 Å². The Hall–Kier alpha value is -2.53. The minimum Gasteiger partial charge on any atom is -0.488 e. The zero-order chi connectivity index (χ0) is 17.1. The van der Waals surface area contributed by atoms with Crippen molar-refractivity contribution in [2.45, 2.75) is 18.9 Å². The normalized spacial score (nSPS) is 18.2. The summed E-state index contributed by atoms with van der Waals surface area (Å²) in [6, 6.07) is 11.7. The molecule has 0 aliphatic carbocycles. The predicted molar refractivity (Wildman–Crippen MR) is 95.2 cm³/mol. The summed E-state index contributed by atoms with van der Waals surface area (Å²) in [5.41, 5.74) is 1.60. The molecule has 4 rings (SSSR count). The van der Waals surface area contributed by atoms with E-state index in [0.717, 1.165) is 30.2 Å². The van der Waals surface area contributed by atoms with Crippen LogP contribution in [0.3, 0.4) is 0 Å². The number of carbonyl (C=O) groups excluding carboxylic acids is 1. The molecule has 2 aliphatic heterocycles. The van der Waals surface area contributed by atoms with Gasteiger partial charge < -0.3 is 14.5 Å². The molecule has 1 fully saturated rings. The van der Waals surface area contributed by atoms with E-state index in [0.29, 0.717) is 18.7 Å². The molecular formula is C20H22N2O3. The van der Waals surface area contributed by atoms with Crippen LogP contribution in [0.1, 0.15) is 30.2 Å². The summed E-state index contributed by atoms with van der Waals surface area (Å²) in [6.45, 7) is 2.92. The SMILES string of the molecule is O=C(NC[C@H](c1ccco1)N1CCCC1)C1=Cc2ccccc2OC1. The van der Waals surface area contributed by atoms with Gasteiger partial charge in [-0.1, -0.05) is 18.2 Å². The molecule has 1 atom stereocenters. The average molecular weight is 338 g/mol. The fraction of sp³-hybridized carbons (Fsp3) is 0.350. The van der Waals surface area contributed by atoms with E-state index in [4.69, 9.17) is 9.15 Å². The summed E-state index contributed by atoms with van der Waals surface area (Å²) < 4.78 is 11.3. The molecule has 3 heterocycles. The van der Waals surface area contributed by atoms with Crippen molar-refractivity contribution in [2.24, 2.45) is 0 Å². The smallest absolute Gasteiger partial charge is 0.250 e. The lowest BCUT2D eigenvalue weighted by Gasteiger charge is -2.26. The Labute approximate surface area is 147 Å². The van der Waals surface area contributed by atoms with Crippen LogP contribution in [0.2, 0.25) is 0 Å². The third kappa shape index (κ3) is 3.46. The highest BCUT2D eigenvalue weighted by Gasteiger charge is 2.26. The first-order chi connectivity index (χ1) is 12.3.